The van der Waals surface area contributed by atoms with Crippen molar-refractivity contribution in [3.05, 3.63) is 35.9 Å². The van der Waals surface area contributed by atoms with Crippen LogP contribution in [0.2, 0.25) is 0 Å². The van der Waals surface area contributed by atoms with Gasteiger partial charge in [-0.15, -0.1) is 0 Å². The van der Waals surface area contributed by atoms with Gasteiger partial charge in [0.05, 0.1) is 0 Å². The Kier molecular flexibility index (Phi) is 4.91. The minimum Gasteiger partial charge on any atom is -0.463 e. The quantitative estimate of drug-likeness (QED) is 0.575. The van der Waals surface area contributed by atoms with Crippen LogP contribution in [0.4, 0.5) is 0 Å². The Labute approximate surface area is 133 Å². The lowest BCUT2D eigenvalue weighted by Gasteiger charge is -2.14. The van der Waals surface area contributed by atoms with E-state index >= 15 is 0 Å². The van der Waals surface area contributed by atoms with Gasteiger partial charge in [0.15, 0.2) is 18.5 Å². The number of carbonyl (C=O) groups is 2. The standard InChI is InChI=1S/C17H16O6/c18-15-13-14(16(19)21-11-7-2-1-6-10-20-15)23-17(22-13)12-8-4-3-5-9-12/h3-5,8-9,13-14,17H,6-7,10-11H2/t13-,14?,17?/m1/s1. The van der Waals surface area contributed by atoms with E-state index in [1.165, 1.54) is 0 Å². The molecule has 3 rings (SSSR count). The molecule has 6 nitrogen and oxygen atoms in total. The third kappa shape index (κ3) is 3.70. The van der Waals surface area contributed by atoms with Crippen molar-refractivity contribution in [1.82, 2.24) is 0 Å². The molecule has 0 spiro atoms. The number of cyclic esters (lactones) is 2. The van der Waals surface area contributed by atoms with Crippen LogP contribution in [0.3, 0.4) is 0 Å². The molecule has 1 aromatic rings. The van der Waals surface area contributed by atoms with Gasteiger partial charge in [-0.25, -0.2) is 9.59 Å². The Morgan fingerprint density at radius 3 is 1.87 bits per heavy atom. The average molecular weight is 316 g/mol. The van der Waals surface area contributed by atoms with Crippen molar-refractivity contribution >= 4 is 11.9 Å². The van der Waals surface area contributed by atoms with E-state index in [1.807, 2.05) is 18.2 Å². The summed E-state index contributed by atoms with van der Waals surface area (Å²) in [4.78, 5) is 24.3. The zero-order chi connectivity index (χ0) is 16.1. The molecule has 2 unspecified atom stereocenters. The number of carbonyl (C=O) groups excluding carboxylic acids is 2. The first-order valence-electron chi connectivity index (χ1n) is 7.40. The van der Waals surface area contributed by atoms with Gasteiger partial charge in [0.1, 0.15) is 13.2 Å². The number of hydrogen-bond donors (Lipinski definition) is 0. The number of hydrogen-bond acceptors (Lipinski definition) is 6. The molecule has 2 aliphatic heterocycles. The summed E-state index contributed by atoms with van der Waals surface area (Å²) < 4.78 is 21.4. The van der Waals surface area contributed by atoms with Crippen LogP contribution in [0, 0.1) is 11.8 Å². The summed E-state index contributed by atoms with van der Waals surface area (Å²) in [6.07, 6.45) is -2.23. The molecule has 1 aromatic carbocycles. The van der Waals surface area contributed by atoms with Gasteiger partial charge in [0, 0.05) is 18.4 Å². The van der Waals surface area contributed by atoms with Crippen molar-refractivity contribution in [3.8, 4) is 11.8 Å². The summed E-state index contributed by atoms with van der Waals surface area (Å²) in [5, 5.41) is 0. The van der Waals surface area contributed by atoms with E-state index < -0.39 is 30.4 Å². The normalized spacial score (nSPS) is 28.3. The van der Waals surface area contributed by atoms with Crippen LogP contribution in [0.5, 0.6) is 0 Å². The first-order valence-corrected chi connectivity index (χ1v) is 7.40. The fourth-order valence-corrected chi connectivity index (χ4v) is 2.31. The highest BCUT2D eigenvalue weighted by Gasteiger charge is 2.47. The fourth-order valence-electron chi connectivity index (χ4n) is 2.31. The van der Waals surface area contributed by atoms with E-state index in [1.54, 1.807) is 12.1 Å². The molecule has 23 heavy (non-hydrogen) atoms. The zero-order valence-electron chi connectivity index (χ0n) is 12.4. The minimum atomic E-state index is -1.14. The third-order valence-corrected chi connectivity index (χ3v) is 3.42. The van der Waals surface area contributed by atoms with E-state index in [-0.39, 0.29) is 13.2 Å². The Morgan fingerprint density at radius 2 is 1.35 bits per heavy atom. The molecular formula is C17H16O6. The molecule has 3 atom stereocenters. The average Bonchev–Trinajstić information content (AvgIpc) is 3.02. The number of ether oxygens (including phenoxy) is 4. The molecule has 0 amide bonds. The smallest absolute Gasteiger partial charge is 0.338 e. The number of esters is 2. The summed E-state index contributed by atoms with van der Waals surface area (Å²) in [6, 6.07) is 9.08. The molecule has 1 saturated heterocycles. The molecular weight excluding hydrogens is 300 g/mol. The molecule has 0 aliphatic carbocycles. The minimum absolute atomic E-state index is 0.156. The van der Waals surface area contributed by atoms with Crippen molar-refractivity contribution < 1.29 is 28.5 Å². The Morgan fingerprint density at radius 1 is 0.826 bits per heavy atom. The predicted molar refractivity (Wildman–Crippen MR) is 77.9 cm³/mol. The highest BCUT2D eigenvalue weighted by atomic mass is 16.8. The SMILES string of the molecule is O=C1OCCC#CCCOC(=O)[C@@H]2OC(c3ccccc3)OC12. The summed E-state index contributed by atoms with van der Waals surface area (Å²) in [5.74, 6) is 4.39. The van der Waals surface area contributed by atoms with E-state index in [0.29, 0.717) is 18.4 Å². The predicted octanol–water partition coefficient (Wildman–Crippen LogP) is 1.35. The van der Waals surface area contributed by atoms with E-state index in [9.17, 15) is 9.59 Å². The van der Waals surface area contributed by atoms with Gasteiger partial charge in [-0.2, -0.15) is 0 Å². The maximum atomic E-state index is 12.2. The summed E-state index contributed by atoms with van der Waals surface area (Å²) in [5.41, 5.74) is 0.716. The van der Waals surface area contributed by atoms with Crippen molar-refractivity contribution in [2.45, 2.75) is 31.3 Å². The van der Waals surface area contributed by atoms with Gasteiger partial charge in [0.25, 0.3) is 0 Å². The molecule has 2 heterocycles. The Hall–Kier alpha value is -2.36. The van der Waals surface area contributed by atoms with Gasteiger partial charge < -0.3 is 18.9 Å². The number of benzene rings is 1. The molecule has 1 fully saturated rings. The fraction of sp³-hybridized carbons (Fsp3) is 0.412. The van der Waals surface area contributed by atoms with Gasteiger partial charge in [-0.1, -0.05) is 42.2 Å². The van der Waals surface area contributed by atoms with Gasteiger partial charge in [-0.3, -0.25) is 0 Å². The molecule has 0 bridgehead atoms. The van der Waals surface area contributed by atoms with Crippen molar-refractivity contribution in [2.75, 3.05) is 13.2 Å². The van der Waals surface area contributed by atoms with Gasteiger partial charge in [0.2, 0.25) is 0 Å². The monoisotopic (exact) mass is 316 g/mol. The van der Waals surface area contributed by atoms with Gasteiger partial charge in [-0.05, 0) is 0 Å². The Bertz CT molecular complexity index is 595. The lowest BCUT2D eigenvalue weighted by atomic mass is 10.2. The first-order chi connectivity index (χ1) is 11.3. The van der Waals surface area contributed by atoms with E-state index in [2.05, 4.69) is 11.8 Å². The maximum Gasteiger partial charge on any atom is 0.338 e. The molecule has 0 N–H and O–H groups in total. The van der Waals surface area contributed by atoms with E-state index in [4.69, 9.17) is 18.9 Å². The molecule has 0 saturated carbocycles. The highest BCUT2D eigenvalue weighted by molar-refractivity contribution is 5.86. The Balaban J connectivity index is 1.78. The van der Waals surface area contributed by atoms with Crippen LogP contribution in [-0.4, -0.2) is 37.4 Å². The summed E-state index contributed by atoms with van der Waals surface area (Å²) >= 11 is 0. The summed E-state index contributed by atoms with van der Waals surface area (Å²) in [7, 11) is 0. The van der Waals surface area contributed by atoms with Crippen LogP contribution in [-0.2, 0) is 28.5 Å². The van der Waals surface area contributed by atoms with Crippen LogP contribution in [0.25, 0.3) is 0 Å². The second-order valence-electron chi connectivity index (χ2n) is 5.04. The van der Waals surface area contributed by atoms with Crippen molar-refractivity contribution in [1.29, 1.82) is 0 Å². The molecule has 6 heteroatoms. The summed E-state index contributed by atoms with van der Waals surface area (Å²) in [6.45, 7) is 0.312. The van der Waals surface area contributed by atoms with Crippen LogP contribution < -0.4 is 0 Å². The van der Waals surface area contributed by atoms with Crippen LogP contribution >= 0.6 is 0 Å². The second kappa shape index (κ2) is 7.27. The largest absolute Gasteiger partial charge is 0.463 e. The lowest BCUT2D eigenvalue weighted by Crippen LogP contribution is -2.39. The lowest BCUT2D eigenvalue weighted by molar-refractivity contribution is -0.163. The topological polar surface area (TPSA) is 71.1 Å². The number of fused-ring (bicyclic) bond motifs is 1. The van der Waals surface area contributed by atoms with E-state index in [0.717, 1.165) is 0 Å². The van der Waals surface area contributed by atoms with Gasteiger partial charge >= 0.3 is 11.9 Å². The zero-order valence-corrected chi connectivity index (χ0v) is 12.4. The molecule has 0 radical (unpaired) electrons. The van der Waals surface area contributed by atoms with Crippen molar-refractivity contribution in [2.24, 2.45) is 0 Å². The number of rotatable bonds is 1. The van der Waals surface area contributed by atoms with Crippen molar-refractivity contribution in [3.63, 3.8) is 0 Å². The molecule has 2 aliphatic rings. The van der Waals surface area contributed by atoms with Crippen LogP contribution in [0.15, 0.2) is 30.3 Å². The molecule has 120 valence electrons. The highest BCUT2D eigenvalue weighted by Crippen LogP contribution is 2.32. The second-order valence-corrected chi connectivity index (χ2v) is 5.04. The van der Waals surface area contributed by atoms with Crippen LogP contribution in [0.1, 0.15) is 24.7 Å². The molecule has 0 aromatic heterocycles. The third-order valence-electron chi connectivity index (χ3n) is 3.42. The maximum absolute atomic E-state index is 12.2. The first kappa shape index (κ1) is 15.5.